The van der Waals surface area contributed by atoms with Gasteiger partial charge in [0.2, 0.25) is 0 Å². The Morgan fingerprint density at radius 1 is 1.30 bits per heavy atom. The van der Waals surface area contributed by atoms with Crippen LogP contribution in [0.4, 0.5) is 14.5 Å². The lowest BCUT2D eigenvalue weighted by atomic mass is 10.2. The number of aromatic nitrogens is 5. The van der Waals surface area contributed by atoms with Gasteiger partial charge in [-0.1, -0.05) is 11.6 Å². The minimum atomic E-state index is -2.98. The van der Waals surface area contributed by atoms with Crippen molar-refractivity contribution in [1.82, 2.24) is 24.5 Å². The molecule has 0 spiro atoms. The van der Waals surface area contributed by atoms with Crippen LogP contribution in [-0.4, -0.2) is 35.9 Å². The molecule has 0 saturated carbocycles. The number of rotatable bonds is 7. The monoisotopic (exact) mass is 476 g/mol. The Kier molecular flexibility index (Phi) is 5.54. The number of methoxy groups -OCH3 is 1. The van der Waals surface area contributed by atoms with Gasteiger partial charge in [0.25, 0.3) is 5.88 Å². The van der Waals surface area contributed by atoms with E-state index in [2.05, 4.69) is 24.2 Å². The summed E-state index contributed by atoms with van der Waals surface area (Å²) in [7, 11) is -0.359. The van der Waals surface area contributed by atoms with Crippen LogP contribution in [0.2, 0.25) is 5.02 Å². The quantitative estimate of drug-likeness (QED) is 0.414. The van der Waals surface area contributed by atoms with E-state index in [1.54, 1.807) is 18.3 Å². The predicted molar refractivity (Wildman–Crippen MR) is 107 cm³/mol. The van der Waals surface area contributed by atoms with Crippen molar-refractivity contribution < 1.29 is 22.0 Å². The summed E-state index contributed by atoms with van der Waals surface area (Å²) in [6.07, 6.45) is 5.70. The molecule has 0 saturated heterocycles. The fraction of sp³-hybridized carbons (Fsp3) is 0.125. The first-order valence-corrected chi connectivity index (χ1v) is 9.99. The lowest BCUT2D eigenvalue weighted by Gasteiger charge is -2.08. The number of alkyl halides is 2. The minimum Gasteiger partial charge on any atom is -0.493 e. The summed E-state index contributed by atoms with van der Waals surface area (Å²) in [6.45, 7) is -2.98. The van der Waals surface area contributed by atoms with Gasteiger partial charge >= 0.3 is 6.55 Å². The van der Waals surface area contributed by atoms with Crippen LogP contribution in [0.25, 0.3) is 16.6 Å². The normalized spacial score (nSPS) is 12.5. The highest BCUT2D eigenvalue weighted by Gasteiger charge is 2.22. The molecule has 0 aliphatic carbocycles. The first-order chi connectivity index (χ1) is 14.4. The van der Waals surface area contributed by atoms with Crippen LogP contribution in [0.3, 0.4) is 0 Å². The van der Waals surface area contributed by atoms with E-state index >= 15 is 0 Å². The highest BCUT2D eigenvalue weighted by atomic mass is 35.5. The van der Waals surface area contributed by atoms with Gasteiger partial charge in [-0.25, -0.2) is 8.89 Å². The first-order valence-electron chi connectivity index (χ1n) is 8.16. The van der Waals surface area contributed by atoms with E-state index in [0.717, 1.165) is 6.20 Å². The zero-order valence-electron chi connectivity index (χ0n) is 15.0. The van der Waals surface area contributed by atoms with Gasteiger partial charge in [0.05, 0.1) is 41.1 Å². The van der Waals surface area contributed by atoms with Crippen molar-refractivity contribution in [2.45, 2.75) is 11.4 Å². The Labute approximate surface area is 180 Å². The van der Waals surface area contributed by atoms with Gasteiger partial charge < -0.3 is 14.0 Å². The van der Waals surface area contributed by atoms with Crippen molar-refractivity contribution in [2.75, 3.05) is 11.8 Å². The Morgan fingerprint density at radius 3 is 2.77 bits per heavy atom. The topological polar surface area (TPSA) is 99.0 Å². The summed E-state index contributed by atoms with van der Waals surface area (Å²) in [4.78, 5) is 3.36. The van der Waals surface area contributed by atoms with Crippen LogP contribution in [0.1, 0.15) is 6.55 Å². The van der Waals surface area contributed by atoms with Gasteiger partial charge in [0.1, 0.15) is 23.2 Å². The molecule has 0 radical (unpaired) electrons. The van der Waals surface area contributed by atoms with E-state index in [1.165, 1.54) is 24.2 Å². The average molecular weight is 477 g/mol. The molecule has 158 valence electrons. The second kappa shape index (κ2) is 8.13. The average Bonchev–Trinajstić information content (AvgIpc) is 3.45. The van der Waals surface area contributed by atoms with Crippen molar-refractivity contribution >= 4 is 51.0 Å². The fourth-order valence-corrected chi connectivity index (χ4v) is 4.22. The number of hydrogen-bond acceptors (Lipinski definition) is 5. The molecular weight excluding hydrogens is 465 g/mol. The summed E-state index contributed by atoms with van der Waals surface area (Å²) < 4.78 is 52.7. The van der Waals surface area contributed by atoms with Crippen LogP contribution in [0.15, 0.2) is 41.8 Å². The van der Waals surface area contributed by atoms with Crippen LogP contribution < -0.4 is 13.7 Å². The second-order valence-electron chi connectivity index (χ2n) is 5.83. The zero-order valence-corrected chi connectivity index (χ0v) is 17.3. The Bertz CT molecular complexity index is 1240. The molecule has 4 aromatic rings. The summed E-state index contributed by atoms with van der Waals surface area (Å²) in [5.41, 5.74) is 1.02. The third-order valence-electron chi connectivity index (χ3n) is 4.18. The number of anilines is 1. The van der Waals surface area contributed by atoms with Crippen molar-refractivity contribution in [1.29, 1.82) is 0 Å². The number of halogens is 4. The maximum atomic E-state index is 12.9. The number of H-pyrrole nitrogens is 1. The molecule has 1 atom stereocenters. The summed E-state index contributed by atoms with van der Waals surface area (Å²) in [5, 5.41) is 8.66. The molecule has 9 nitrogen and oxygen atoms in total. The number of nitrogens with one attached hydrogen (secondary N) is 2. The standard InChI is InChI=1S/C16H12Cl2F2N6O3S/c1-28-8-4-22-25(7-8)14-10(17)3-2-9-12(6-21-13(9)14)30(27)24-11-5-23-26(16(19)20)15(11)29-18/h2-7,16,21,24H,1H3. The van der Waals surface area contributed by atoms with Gasteiger partial charge in [-0.3, -0.25) is 4.72 Å². The van der Waals surface area contributed by atoms with Crippen molar-refractivity contribution in [3.8, 4) is 17.3 Å². The van der Waals surface area contributed by atoms with E-state index in [1.807, 2.05) is 0 Å². The maximum absolute atomic E-state index is 12.9. The fourth-order valence-electron chi connectivity index (χ4n) is 2.84. The van der Waals surface area contributed by atoms with Gasteiger partial charge in [-0.05, 0) is 12.1 Å². The number of nitrogens with zero attached hydrogens (tertiary/aromatic N) is 4. The number of ether oxygens (including phenoxy) is 1. The molecule has 3 heterocycles. The molecule has 1 aromatic carbocycles. The van der Waals surface area contributed by atoms with Crippen LogP contribution >= 0.6 is 23.5 Å². The van der Waals surface area contributed by atoms with Gasteiger partial charge in [-0.15, -0.1) is 0 Å². The lowest BCUT2D eigenvalue weighted by Crippen LogP contribution is -2.06. The van der Waals surface area contributed by atoms with E-state index in [0.29, 0.717) is 32.3 Å². The van der Waals surface area contributed by atoms with Gasteiger partial charge in [0.15, 0.2) is 16.7 Å². The molecule has 0 amide bonds. The number of hydrogen-bond donors (Lipinski definition) is 2. The molecule has 14 heteroatoms. The maximum Gasteiger partial charge on any atom is 0.336 e. The molecule has 4 rings (SSSR count). The number of fused-ring (bicyclic) bond motifs is 1. The summed E-state index contributed by atoms with van der Waals surface area (Å²) in [5.74, 6) is 0.0666. The van der Waals surface area contributed by atoms with E-state index in [4.69, 9.17) is 28.2 Å². The predicted octanol–water partition coefficient (Wildman–Crippen LogP) is 4.27. The molecular formula is C16H12Cl2F2N6O3S. The molecule has 2 N–H and O–H groups in total. The molecule has 0 aliphatic heterocycles. The highest BCUT2D eigenvalue weighted by molar-refractivity contribution is 7.86. The van der Waals surface area contributed by atoms with Crippen LogP contribution in [0, 0.1) is 0 Å². The Morgan fingerprint density at radius 2 is 2.10 bits per heavy atom. The van der Waals surface area contributed by atoms with Gasteiger partial charge in [-0.2, -0.15) is 23.7 Å². The smallest absolute Gasteiger partial charge is 0.336 e. The summed E-state index contributed by atoms with van der Waals surface area (Å²) >= 11 is 11.6. The molecule has 1 unspecified atom stereocenters. The Balaban J connectivity index is 1.72. The third kappa shape index (κ3) is 3.46. The van der Waals surface area contributed by atoms with Crippen molar-refractivity contribution in [3.63, 3.8) is 0 Å². The van der Waals surface area contributed by atoms with Gasteiger partial charge in [0, 0.05) is 11.6 Å². The van der Waals surface area contributed by atoms with Crippen molar-refractivity contribution in [3.05, 3.63) is 41.9 Å². The molecule has 3 aromatic heterocycles. The van der Waals surface area contributed by atoms with Crippen molar-refractivity contribution in [2.24, 2.45) is 0 Å². The lowest BCUT2D eigenvalue weighted by molar-refractivity contribution is 0.0515. The van der Waals surface area contributed by atoms with Crippen LogP contribution in [0.5, 0.6) is 11.6 Å². The Hall–Kier alpha value is -2.83. The second-order valence-corrected chi connectivity index (χ2v) is 7.57. The third-order valence-corrected chi connectivity index (χ3v) is 5.77. The van der Waals surface area contributed by atoms with E-state index < -0.39 is 23.4 Å². The molecule has 30 heavy (non-hydrogen) atoms. The summed E-state index contributed by atoms with van der Waals surface area (Å²) in [6, 6.07) is 3.30. The van der Waals surface area contributed by atoms with E-state index in [-0.39, 0.29) is 10.4 Å². The molecule has 0 bridgehead atoms. The highest BCUT2D eigenvalue weighted by Crippen LogP contribution is 2.34. The minimum absolute atomic E-state index is 0.0658. The SMILES string of the molecule is COc1cnn(-c2c(Cl)ccc3c(S(=O)Nc4cnn(C(F)F)c4OCl)c[nH]c23)c1. The number of benzene rings is 1. The van der Waals surface area contributed by atoms with E-state index in [9.17, 15) is 13.0 Å². The molecule has 0 fully saturated rings. The van der Waals surface area contributed by atoms with Crippen LogP contribution in [-0.2, 0) is 11.0 Å². The first kappa shape index (κ1) is 20.4. The largest absolute Gasteiger partial charge is 0.493 e. The number of aromatic amines is 1. The molecule has 0 aliphatic rings. The zero-order chi connectivity index (χ0) is 21.4.